The highest BCUT2D eigenvalue weighted by Crippen LogP contribution is 2.35. The van der Waals surface area contributed by atoms with Crippen LogP contribution in [0.15, 0.2) is 47.0 Å². The summed E-state index contributed by atoms with van der Waals surface area (Å²) >= 11 is 6.02. The Morgan fingerprint density at radius 2 is 1.89 bits per heavy atom. The lowest BCUT2D eigenvalue weighted by atomic mass is 10.1. The Morgan fingerprint density at radius 1 is 1.14 bits per heavy atom. The van der Waals surface area contributed by atoms with Crippen LogP contribution in [0.2, 0.25) is 5.02 Å². The summed E-state index contributed by atoms with van der Waals surface area (Å²) in [7, 11) is 3.15. The third kappa shape index (κ3) is 3.53. The summed E-state index contributed by atoms with van der Waals surface area (Å²) in [6, 6.07) is 12.6. The third-order valence-corrected chi connectivity index (χ3v) is 4.89. The van der Waals surface area contributed by atoms with Crippen LogP contribution in [0.1, 0.15) is 18.2 Å². The molecule has 3 aromatic rings. The first-order valence-corrected chi connectivity index (χ1v) is 9.08. The molecule has 0 radical (unpaired) electrons. The van der Waals surface area contributed by atoms with Crippen molar-refractivity contribution in [3.63, 3.8) is 0 Å². The Labute approximate surface area is 166 Å². The van der Waals surface area contributed by atoms with E-state index in [0.717, 1.165) is 5.56 Å². The van der Waals surface area contributed by atoms with E-state index in [1.807, 2.05) is 12.1 Å². The van der Waals surface area contributed by atoms with Gasteiger partial charge in [0, 0.05) is 47.7 Å². The second-order valence-electron chi connectivity index (χ2n) is 6.44. The summed E-state index contributed by atoms with van der Waals surface area (Å²) in [6.45, 7) is 0.448. The minimum atomic E-state index is -0.165. The van der Waals surface area contributed by atoms with E-state index in [1.165, 1.54) is 0 Å². The van der Waals surface area contributed by atoms with E-state index in [-0.39, 0.29) is 11.8 Å². The number of aromatic nitrogens is 2. The summed E-state index contributed by atoms with van der Waals surface area (Å²) in [6.07, 6.45) is 0.300. The number of hydrogen-bond donors (Lipinski definition) is 0. The first kappa shape index (κ1) is 18.3. The maximum Gasteiger partial charge on any atom is 0.257 e. The molecule has 8 heteroatoms. The number of carbonyl (C=O) groups excluding carboxylic acids is 1. The molecule has 1 aromatic heterocycles. The van der Waals surface area contributed by atoms with Crippen molar-refractivity contribution in [3.05, 3.63) is 53.3 Å². The molecule has 1 aliphatic heterocycles. The summed E-state index contributed by atoms with van der Waals surface area (Å²) in [5.41, 5.74) is 1.45. The standard InChI is InChI=1S/C20H18ClN3O4/c1-26-16-8-15(9-17(10-16)27-2)24-11-13(7-18(24)25)19-22-20(28-23-19)12-4-3-5-14(21)6-12/h3-6,8-10,13H,7,11H2,1-2H3. The zero-order chi connectivity index (χ0) is 19.7. The van der Waals surface area contributed by atoms with Crippen molar-refractivity contribution in [1.29, 1.82) is 0 Å². The van der Waals surface area contributed by atoms with Gasteiger partial charge in [0.05, 0.1) is 19.9 Å². The molecule has 1 unspecified atom stereocenters. The molecular weight excluding hydrogens is 382 g/mol. The molecule has 28 heavy (non-hydrogen) atoms. The topological polar surface area (TPSA) is 77.7 Å². The number of hydrogen-bond acceptors (Lipinski definition) is 6. The van der Waals surface area contributed by atoms with Gasteiger partial charge in [0.2, 0.25) is 5.91 Å². The van der Waals surface area contributed by atoms with Gasteiger partial charge in [-0.2, -0.15) is 4.98 Å². The summed E-state index contributed by atoms with van der Waals surface area (Å²) in [4.78, 5) is 18.8. The average molecular weight is 400 g/mol. The number of halogens is 1. The number of ether oxygens (including phenoxy) is 2. The highest BCUT2D eigenvalue weighted by atomic mass is 35.5. The van der Waals surface area contributed by atoms with Crippen molar-refractivity contribution in [1.82, 2.24) is 10.1 Å². The van der Waals surface area contributed by atoms with E-state index in [2.05, 4.69) is 10.1 Å². The van der Waals surface area contributed by atoms with Crippen molar-refractivity contribution in [2.75, 3.05) is 25.7 Å². The van der Waals surface area contributed by atoms with Crippen LogP contribution in [0, 0.1) is 0 Å². The van der Waals surface area contributed by atoms with Gasteiger partial charge in [-0.3, -0.25) is 4.79 Å². The second-order valence-corrected chi connectivity index (χ2v) is 6.88. The maximum absolute atomic E-state index is 12.6. The van der Waals surface area contributed by atoms with Crippen LogP contribution in [0.3, 0.4) is 0 Å². The average Bonchev–Trinajstić information content (AvgIpc) is 3.34. The normalized spacial score (nSPS) is 16.5. The van der Waals surface area contributed by atoms with Crippen molar-refractivity contribution >= 4 is 23.2 Å². The quantitative estimate of drug-likeness (QED) is 0.647. The van der Waals surface area contributed by atoms with Gasteiger partial charge in [0.25, 0.3) is 5.89 Å². The van der Waals surface area contributed by atoms with Gasteiger partial charge < -0.3 is 18.9 Å². The number of benzene rings is 2. The van der Waals surface area contributed by atoms with Crippen molar-refractivity contribution in [3.8, 4) is 23.0 Å². The van der Waals surface area contributed by atoms with Crippen LogP contribution in [-0.2, 0) is 4.79 Å². The highest BCUT2D eigenvalue weighted by molar-refractivity contribution is 6.30. The fourth-order valence-electron chi connectivity index (χ4n) is 3.22. The predicted molar refractivity (Wildman–Crippen MR) is 104 cm³/mol. The van der Waals surface area contributed by atoms with E-state index in [4.69, 9.17) is 25.6 Å². The molecule has 1 amide bonds. The Kier molecular flexibility index (Phi) is 4.92. The van der Waals surface area contributed by atoms with Crippen LogP contribution in [0.4, 0.5) is 5.69 Å². The molecule has 0 saturated carbocycles. The van der Waals surface area contributed by atoms with Crippen LogP contribution in [0.25, 0.3) is 11.5 Å². The van der Waals surface area contributed by atoms with Gasteiger partial charge in [-0.25, -0.2) is 0 Å². The predicted octanol–water partition coefficient (Wildman–Crippen LogP) is 3.93. The molecule has 1 atom stereocenters. The van der Waals surface area contributed by atoms with Crippen LogP contribution in [0.5, 0.6) is 11.5 Å². The zero-order valence-electron chi connectivity index (χ0n) is 15.4. The third-order valence-electron chi connectivity index (χ3n) is 4.65. The van der Waals surface area contributed by atoms with E-state index >= 15 is 0 Å². The van der Waals surface area contributed by atoms with Gasteiger partial charge in [0.15, 0.2) is 5.82 Å². The largest absolute Gasteiger partial charge is 0.497 e. The zero-order valence-corrected chi connectivity index (χ0v) is 16.1. The molecule has 0 aliphatic carbocycles. The molecule has 1 saturated heterocycles. The highest BCUT2D eigenvalue weighted by Gasteiger charge is 2.35. The Balaban J connectivity index is 1.57. The number of methoxy groups -OCH3 is 2. The number of amides is 1. The lowest BCUT2D eigenvalue weighted by Crippen LogP contribution is -2.24. The SMILES string of the molecule is COc1cc(OC)cc(N2CC(c3noc(-c4cccc(Cl)c4)n3)CC2=O)c1. The van der Waals surface area contributed by atoms with Crippen molar-refractivity contribution in [2.24, 2.45) is 0 Å². The van der Waals surface area contributed by atoms with Crippen LogP contribution < -0.4 is 14.4 Å². The lowest BCUT2D eigenvalue weighted by molar-refractivity contribution is -0.117. The Hall–Kier alpha value is -3.06. The van der Waals surface area contributed by atoms with E-state index in [0.29, 0.717) is 46.9 Å². The summed E-state index contributed by atoms with van der Waals surface area (Å²) < 4.78 is 16.0. The van der Waals surface area contributed by atoms with E-state index < -0.39 is 0 Å². The number of anilines is 1. The van der Waals surface area contributed by atoms with Crippen molar-refractivity contribution in [2.45, 2.75) is 12.3 Å². The molecule has 2 aromatic carbocycles. The van der Waals surface area contributed by atoms with Crippen LogP contribution in [-0.4, -0.2) is 36.8 Å². The molecule has 2 heterocycles. The molecule has 4 rings (SSSR count). The molecule has 0 N–H and O–H groups in total. The molecule has 7 nitrogen and oxygen atoms in total. The molecule has 144 valence electrons. The minimum Gasteiger partial charge on any atom is -0.497 e. The molecule has 0 bridgehead atoms. The van der Waals surface area contributed by atoms with Gasteiger partial charge in [-0.1, -0.05) is 22.8 Å². The number of carbonyl (C=O) groups is 1. The minimum absolute atomic E-state index is 0.0191. The van der Waals surface area contributed by atoms with E-state index in [1.54, 1.807) is 49.5 Å². The lowest BCUT2D eigenvalue weighted by Gasteiger charge is -2.18. The molecular formula is C20H18ClN3O4. The number of rotatable bonds is 5. The Morgan fingerprint density at radius 3 is 2.57 bits per heavy atom. The van der Waals surface area contributed by atoms with Gasteiger partial charge in [-0.05, 0) is 18.2 Å². The molecule has 1 fully saturated rings. The fourth-order valence-corrected chi connectivity index (χ4v) is 3.41. The first-order chi connectivity index (χ1) is 13.6. The van der Waals surface area contributed by atoms with E-state index in [9.17, 15) is 4.79 Å². The fraction of sp³-hybridized carbons (Fsp3) is 0.250. The maximum atomic E-state index is 12.6. The monoisotopic (exact) mass is 399 g/mol. The smallest absolute Gasteiger partial charge is 0.257 e. The van der Waals surface area contributed by atoms with Crippen LogP contribution >= 0.6 is 11.6 Å². The first-order valence-electron chi connectivity index (χ1n) is 8.70. The summed E-state index contributed by atoms with van der Waals surface area (Å²) in [5.74, 6) is 1.93. The van der Waals surface area contributed by atoms with Gasteiger partial charge in [-0.15, -0.1) is 0 Å². The summed E-state index contributed by atoms with van der Waals surface area (Å²) in [5, 5.41) is 4.67. The van der Waals surface area contributed by atoms with Crippen molar-refractivity contribution < 1.29 is 18.8 Å². The molecule has 0 spiro atoms. The molecule has 1 aliphatic rings. The number of nitrogens with zero attached hydrogens (tertiary/aromatic N) is 3. The second kappa shape index (κ2) is 7.52. The van der Waals surface area contributed by atoms with Gasteiger partial charge in [0.1, 0.15) is 11.5 Å². The van der Waals surface area contributed by atoms with Gasteiger partial charge >= 0.3 is 0 Å². The Bertz CT molecular complexity index is 998.